The highest BCUT2D eigenvalue weighted by atomic mass is 32.2. The van der Waals surface area contributed by atoms with Crippen molar-refractivity contribution in [2.75, 3.05) is 19.4 Å². The average Bonchev–Trinajstić information content (AvgIpc) is 2.73. The van der Waals surface area contributed by atoms with E-state index in [1.165, 1.54) is 11.8 Å². The fourth-order valence-electron chi connectivity index (χ4n) is 4.55. The Bertz CT molecular complexity index is 762. The van der Waals surface area contributed by atoms with Gasteiger partial charge in [-0.2, -0.15) is 0 Å². The Morgan fingerprint density at radius 3 is 2.60 bits per heavy atom. The molecule has 1 heterocycles. The lowest BCUT2D eigenvalue weighted by Gasteiger charge is -2.35. The van der Waals surface area contributed by atoms with Crippen molar-refractivity contribution in [2.24, 2.45) is 0 Å². The fraction of sp³-hybridized carbons (Fsp3) is 0.739. The lowest BCUT2D eigenvalue weighted by Crippen LogP contribution is -2.55. The van der Waals surface area contributed by atoms with Gasteiger partial charge in [-0.3, -0.25) is 0 Å². The van der Waals surface area contributed by atoms with E-state index in [4.69, 9.17) is 9.47 Å². The molecule has 3 atom stereocenters. The third-order valence-electron chi connectivity index (χ3n) is 6.40. The molecule has 30 heavy (non-hydrogen) atoms. The summed E-state index contributed by atoms with van der Waals surface area (Å²) in [4.78, 5) is 0. The van der Waals surface area contributed by atoms with Crippen LogP contribution in [0.1, 0.15) is 70.3 Å². The number of para-hydroxylation sites is 1. The van der Waals surface area contributed by atoms with Crippen molar-refractivity contribution in [1.29, 1.82) is 0 Å². The van der Waals surface area contributed by atoms with Gasteiger partial charge >= 0.3 is 0 Å². The summed E-state index contributed by atoms with van der Waals surface area (Å²) in [5, 5.41) is 3.43. The van der Waals surface area contributed by atoms with Crippen LogP contribution in [0.2, 0.25) is 0 Å². The standard InChI is InChI=1S/C23H38N2O4S/c1-4-17(2)29-23-10-6-5-8-20(23)18-11-13-19(14-12-18)28-16-22-21(9-7-15-24-22)25-30(3,26)27/h5-6,8,10,17-19,21-22,24-25H,4,7,9,11-16H2,1-3H3/t17-,18?,19?,21+,22+/m1/s1. The highest BCUT2D eigenvalue weighted by molar-refractivity contribution is 7.88. The molecule has 3 rings (SSSR count). The summed E-state index contributed by atoms with van der Waals surface area (Å²) in [7, 11) is -3.21. The molecule has 1 saturated heterocycles. The minimum absolute atomic E-state index is 0.0378. The predicted molar refractivity (Wildman–Crippen MR) is 121 cm³/mol. The van der Waals surface area contributed by atoms with Gasteiger partial charge in [0.2, 0.25) is 10.0 Å². The van der Waals surface area contributed by atoms with Crippen molar-refractivity contribution in [2.45, 2.75) is 89.0 Å². The van der Waals surface area contributed by atoms with Crippen LogP contribution in [0.15, 0.2) is 24.3 Å². The van der Waals surface area contributed by atoms with E-state index in [1.807, 2.05) is 6.07 Å². The van der Waals surface area contributed by atoms with Crippen LogP contribution in [0.4, 0.5) is 0 Å². The van der Waals surface area contributed by atoms with Crippen LogP contribution in [-0.4, -0.2) is 52.1 Å². The smallest absolute Gasteiger partial charge is 0.209 e. The van der Waals surface area contributed by atoms with Crippen molar-refractivity contribution >= 4 is 10.0 Å². The molecule has 0 aromatic heterocycles. The number of hydrogen-bond donors (Lipinski definition) is 2. The lowest BCUT2D eigenvalue weighted by molar-refractivity contribution is 0.00505. The van der Waals surface area contributed by atoms with Gasteiger partial charge in [0.05, 0.1) is 25.1 Å². The van der Waals surface area contributed by atoms with Gasteiger partial charge in [0.15, 0.2) is 0 Å². The van der Waals surface area contributed by atoms with Gasteiger partial charge in [0.1, 0.15) is 5.75 Å². The molecule has 1 saturated carbocycles. The molecule has 1 aliphatic carbocycles. The summed E-state index contributed by atoms with van der Waals surface area (Å²) < 4.78 is 38.5. The van der Waals surface area contributed by atoms with Crippen LogP contribution in [-0.2, 0) is 14.8 Å². The normalized spacial score (nSPS) is 28.8. The van der Waals surface area contributed by atoms with E-state index in [-0.39, 0.29) is 24.3 Å². The first-order chi connectivity index (χ1) is 14.4. The van der Waals surface area contributed by atoms with Crippen LogP contribution >= 0.6 is 0 Å². The Morgan fingerprint density at radius 2 is 1.90 bits per heavy atom. The van der Waals surface area contributed by atoms with E-state index in [2.05, 4.69) is 42.1 Å². The van der Waals surface area contributed by atoms with Crippen molar-refractivity contribution in [3.8, 4) is 5.75 Å². The van der Waals surface area contributed by atoms with Crippen molar-refractivity contribution in [3.05, 3.63) is 29.8 Å². The van der Waals surface area contributed by atoms with Gasteiger partial charge in [-0.05, 0) is 76.0 Å². The Balaban J connectivity index is 1.50. The Kier molecular flexibility index (Phi) is 8.57. The topological polar surface area (TPSA) is 76.7 Å². The van der Waals surface area contributed by atoms with Gasteiger partial charge in [-0.1, -0.05) is 25.1 Å². The summed E-state index contributed by atoms with van der Waals surface area (Å²) in [6.45, 7) is 5.73. The zero-order valence-corrected chi connectivity index (χ0v) is 19.4. The van der Waals surface area contributed by atoms with E-state index >= 15 is 0 Å². The lowest BCUT2D eigenvalue weighted by atomic mass is 9.82. The largest absolute Gasteiger partial charge is 0.490 e. The third kappa shape index (κ3) is 6.94. The average molecular weight is 439 g/mol. The summed E-state index contributed by atoms with van der Waals surface area (Å²) in [6.07, 6.45) is 8.76. The maximum Gasteiger partial charge on any atom is 0.209 e. The number of rotatable bonds is 9. The first-order valence-electron chi connectivity index (χ1n) is 11.4. The molecule has 1 aromatic rings. The monoisotopic (exact) mass is 438 g/mol. The molecule has 1 aliphatic heterocycles. The van der Waals surface area contributed by atoms with E-state index in [1.54, 1.807) is 0 Å². The zero-order chi connectivity index (χ0) is 21.6. The zero-order valence-electron chi connectivity index (χ0n) is 18.6. The molecule has 170 valence electrons. The number of hydrogen-bond acceptors (Lipinski definition) is 5. The van der Waals surface area contributed by atoms with E-state index in [0.29, 0.717) is 12.5 Å². The summed E-state index contributed by atoms with van der Waals surface area (Å²) in [6, 6.07) is 8.40. The summed E-state index contributed by atoms with van der Waals surface area (Å²) >= 11 is 0. The second-order valence-corrected chi connectivity index (χ2v) is 10.7. The molecule has 7 heteroatoms. The van der Waals surface area contributed by atoms with Crippen molar-refractivity contribution < 1.29 is 17.9 Å². The molecule has 2 fully saturated rings. The maximum atomic E-state index is 11.6. The van der Waals surface area contributed by atoms with Gasteiger partial charge in [-0.25, -0.2) is 13.1 Å². The first-order valence-corrected chi connectivity index (χ1v) is 13.3. The maximum absolute atomic E-state index is 11.6. The molecule has 0 bridgehead atoms. The predicted octanol–water partition coefficient (Wildman–Crippen LogP) is 3.58. The molecular formula is C23H38N2O4S. The molecule has 2 aliphatic rings. The van der Waals surface area contributed by atoms with Crippen molar-refractivity contribution in [1.82, 2.24) is 10.0 Å². The SMILES string of the molecule is CC[C@@H](C)Oc1ccccc1C1CCC(OC[C@@H]2NCCC[C@@H]2NS(C)(=O)=O)CC1. The van der Waals surface area contributed by atoms with E-state index in [0.717, 1.165) is 57.2 Å². The first kappa shape index (κ1) is 23.5. The van der Waals surface area contributed by atoms with Crippen LogP contribution in [0.5, 0.6) is 5.75 Å². The molecule has 0 amide bonds. The number of nitrogens with one attached hydrogen (secondary N) is 2. The second-order valence-electron chi connectivity index (χ2n) is 8.88. The van der Waals surface area contributed by atoms with Crippen LogP contribution in [0, 0.1) is 0 Å². The summed E-state index contributed by atoms with van der Waals surface area (Å²) in [5.41, 5.74) is 1.32. The van der Waals surface area contributed by atoms with Crippen LogP contribution < -0.4 is 14.8 Å². The van der Waals surface area contributed by atoms with E-state index < -0.39 is 10.0 Å². The van der Waals surface area contributed by atoms with Gasteiger partial charge in [0, 0.05) is 12.1 Å². The number of sulfonamides is 1. The van der Waals surface area contributed by atoms with Crippen LogP contribution in [0.3, 0.4) is 0 Å². The van der Waals surface area contributed by atoms with Crippen molar-refractivity contribution in [3.63, 3.8) is 0 Å². The highest BCUT2D eigenvalue weighted by Gasteiger charge is 2.30. The van der Waals surface area contributed by atoms with E-state index in [9.17, 15) is 8.42 Å². The minimum Gasteiger partial charge on any atom is -0.490 e. The third-order valence-corrected chi connectivity index (χ3v) is 7.13. The minimum atomic E-state index is -3.21. The second kappa shape index (κ2) is 10.9. The highest BCUT2D eigenvalue weighted by Crippen LogP contribution is 2.38. The number of ether oxygens (including phenoxy) is 2. The quantitative estimate of drug-likeness (QED) is 0.616. The number of benzene rings is 1. The summed E-state index contributed by atoms with van der Waals surface area (Å²) in [5.74, 6) is 1.54. The van der Waals surface area contributed by atoms with Gasteiger partial charge in [-0.15, -0.1) is 0 Å². The number of piperidine rings is 1. The molecule has 2 N–H and O–H groups in total. The van der Waals surface area contributed by atoms with Gasteiger partial charge < -0.3 is 14.8 Å². The molecular weight excluding hydrogens is 400 g/mol. The molecule has 6 nitrogen and oxygen atoms in total. The molecule has 0 radical (unpaired) electrons. The molecule has 1 aromatic carbocycles. The van der Waals surface area contributed by atoms with Crippen LogP contribution in [0.25, 0.3) is 0 Å². The Labute approximate surface area is 182 Å². The molecule has 0 spiro atoms. The van der Waals surface area contributed by atoms with Gasteiger partial charge in [0.25, 0.3) is 0 Å². The fourth-order valence-corrected chi connectivity index (χ4v) is 5.38. The Morgan fingerprint density at radius 1 is 1.17 bits per heavy atom. The molecule has 0 unspecified atom stereocenters. The Hall–Kier alpha value is -1.15.